The summed E-state index contributed by atoms with van der Waals surface area (Å²) in [7, 11) is 0. The largest absolute Gasteiger partial charge is 0.344 e. The number of rotatable bonds is 8. The summed E-state index contributed by atoms with van der Waals surface area (Å²) >= 11 is 3.41. The number of aromatic nitrogens is 2. The van der Waals surface area contributed by atoms with Crippen LogP contribution in [0.4, 0.5) is 20.2 Å². The highest BCUT2D eigenvalue weighted by Crippen LogP contribution is 2.36. The number of hydrogen-bond acceptors (Lipinski definition) is 6. The van der Waals surface area contributed by atoms with E-state index in [1.165, 1.54) is 17.0 Å². The van der Waals surface area contributed by atoms with Crippen molar-refractivity contribution in [3.8, 4) is 16.9 Å². The van der Waals surface area contributed by atoms with E-state index in [1.807, 2.05) is 24.3 Å². The topological polar surface area (TPSA) is 120 Å². The standard InChI is InChI=1S/C28H22BrF2N5O5/c1-16(37)32-24-13-23(31)18(12-25(24)36(39)40)10-11-34-26(38)15-41-28(34)22-14-35(21-8-4-19(29)5-9-21)33-27(22)17-2-6-20(30)7-3-17/h2-9,12-14,28H,10-11,15H2,1H3,(H,32,37). The SMILES string of the molecule is CC(=O)Nc1cc(F)c(CCN2C(=O)COC2c2cn(-c3ccc(Br)cc3)nc2-c2ccc(F)cc2)cc1[N+](=O)[O-]. The average molecular weight is 626 g/mol. The fourth-order valence-electron chi connectivity index (χ4n) is 4.56. The molecule has 0 spiro atoms. The predicted molar refractivity (Wildman–Crippen MR) is 148 cm³/mol. The number of nitro groups is 1. The lowest BCUT2D eigenvalue weighted by Crippen LogP contribution is -2.31. The van der Waals surface area contributed by atoms with Gasteiger partial charge in [0.2, 0.25) is 5.91 Å². The van der Waals surface area contributed by atoms with Crippen molar-refractivity contribution in [3.05, 3.63) is 104 Å². The third-order valence-corrected chi connectivity index (χ3v) is 7.01. The van der Waals surface area contributed by atoms with E-state index in [1.54, 1.807) is 23.0 Å². The molecule has 0 bridgehead atoms. The third kappa shape index (κ3) is 6.00. The Morgan fingerprint density at radius 3 is 2.54 bits per heavy atom. The zero-order valence-electron chi connectivity index (χ0n) is 21.5. The smallest absolute Gasteiger partial charge is 0.293 e. The summed E-state index contributed by atoms with van der Waals surface area (Å²) in [4.78, 5) is 36.5. The van der Waals surface area contributed by atoms with Crippen LogP contribution in [-0.2, 0) is 20.7 Å². The van der Waals surface area contributed by atoms with Crippen LogP contribution in [0.5, 0.6) is 0 Å². The van der Waals surface area contributed by atoms with Crippen LogP contribution in [0.25, 0.3) is 16.9 Å². The second-order valence-corrected chi connectivity index (χ2v) is 10.2. The summed E-state index contributed by atoms with van der Waals surface area (Å²) in [6, 6.07) is 15.1. The maximum absolute atomic E-state index is 14.9. The Balaban J connectivity index is 1.48. The number of carbonyl (C=O) groups excluding carboxylic acids is 2. The number of halogens is 3. The summed E-state index contributed by atoms with van der Waals surface area (Å²) in [5.74, 6) is -2.12. The fourth-order valence-corrected chi connectivity index (χ4v) is 4.82. The molecular weight excluding hydrogens is 604 g/mol. The number of benzene rings is 3. The van der Waals surface area contributed by atoms with E-state index in [0.717, 1.165) is 29.2 Å². The molecule has 1 aromatic heterocycles. The number of nitro benzene ring substituents is 1. The Bertz CT molecular complexity index is 1640. The van der Waals surface area contributed by atoms with Gasteiger partial charge in [-0.25, -0.2) is 13.5 Å². The number of nitrogens with zero attached hydrogens (tertiary/aromatic N) is 4. The molecule has 1 unspecified atom stereocenters. The normalized spacial score (nSPS) is 14.9. The monoisotopic (exact) mass is 625 g/mol. The maximum atomic E-state index is 14.9. The minimum atomic E-state index is -0.900. The van der Waals surface area contributed by atoms with Gasteiger partial charge in [-0.05, 0) is 60.5 Å². The van der Waals surface area contributed by atoms with Gasteiger partial charge in [0.1, 0.15) is 29.6 Å². The molecular formula is C28H22BrF2N5O5. The summed E-state index contributed by atoms with van der Waals surface area (Å²) in [6.07, 6.45) is 0.750. The second-order valence-electron chi connectivity index (χ2n) is 9.26. The molecule has 1 fully saturated rings. The van der Waals surface area contributed by atoms with Crippen LogP contribution in [0.2, 0.25) is 0 Å². The van der Waals surface area contributed by atoms with Crippen LogP contribution in [-0.4, -0.2) is 44.6 Å². The van der Waals surface area contributed by atoms with Crippen molar-refractivity contribution >= 4 is 39.1 Å². The van der Waals surface area contributed by atoms with Crippen molar-refractivity contribution in [3.63, 3.8) is 0 Å². The minimum Gasteiger partial charge on any atom is -0.344 e. The lowest BCUT2D eigenvalue weighted by molar-refractivity contribution is -0.384. The molecule has 5 rings (SSSR count). The van der Waals surface area contributed by atoms with Crippen molar-refractivity contribution in [2.24, 2.45) is 0 Å². The molecule has 1 aliphatic rings. The zero-order chi connectivity index (χ0) is 29.3. The van der Waals surface area contributed by atoms with Gasteiger partial charge in [0, 0.05) is 47.4 Å². The lowest BCUT2D eigenvalue weighted by atomic mass is 10.1. The van der Waals surface area contributed by atoms with Crippen LogP contribution in [0, 0.1) is 21.7 Å². The number of carbonyl (C=O) groups is 2. The Morgan fingerprint density at radius 1 is 1.17 bits per heavy atom. The van der Waals surface area contributed by atoms with E-state index in [-0.39, 0.29) is 36.7 Å². The number of hydrogen-bond donors (Lipinski definition) is 1. The van der Waals surface area contributed by atoms with Crippen LogP contribution in [0.1, 0.15) is 24.3 Å². The molecule has 1 saturated heterocycles. The maximum Gasteiger partial charge on any atom is 0.293 e. The first-order valence-electron chi connectivity index (χ1n) is 12.4. The quantitative estimate of drug-likeness (QED) is 0.203. The molecule has 2 heterocycles. The summed E-state index contributed by atoms with van der Waals surface area (Å²) in [6.45, 7) is 0.901. The van der Waals surface area contributed by atoms with E-state index < -0.39 is 34.4 Å². The predicted octanol–water partition coefficient (Wildman–Crippen LogP) is 5.55. The first-order chi connectivity index (χ1) is 19.6. The molecule has 0 saturated carbocycles. The van der Waals surface area contributed by atoms with Crippen molar-refractivity contribution < 1.29 is 28.0 Å². The molecule has 2 amide bonds. The Labute approximate surface area is 240 Å². The average Bonchev–Trinajstić information content (AvgIpc) is 3.52. The second kappa shape index (κ2) is 11.6. The van der Waals surface area contributed by atoms with Crippen LogP contribution < -0.4 is 5.32 Å². The molecule has 1 aliphatic heterocycles. The number of nitrogens with one attached hydrogen (secondary N) is 1. The number of anilines is 1. The highest BCUT2D eigenvalue weighted by atomic mass is 79.9. The fraction of sp³-hybridized carbons (Fsp3) is 0.179. The highest BCUT2D eigenvalue weighted by molar-refractivity contribution is 9.10. The molecule has 1 N–H and O–H groups in total. The molecule has 4 aromatic rings. The molecule has 13 heteroatoms. The first-order valence-corrected chi connectivity index (χ1v) is 13.2. The van der Waals surface area contributed by atoms with E-state index in [2.05, 4.69) is 21.2 Å². The highest BCUT2D eigenvalue weighted by Gasteiger charge is 2.36. The van der Waals surface area contributed by atoms with E-state index in [9.17, 15) is 28.5 Å². The molecule has 41 heavy (non-hydrogen) atoms. The number of ether oxygens (including phenoxy) is 1. The van der Waals surface area contributed by atoms with Crippen molar-refractivity contribution in [2.75, 3.05) is 18.5 Å². The van der Waals surface area contributed by atoms with Crippen LogP contribution in [0.15, 0.2) is 71.3 Å². The van der Waals surface area contributed by atoms with Gasteiger partial charge in [-0.15, -0.1) is 0 Å². The minimum absolute atomic E-state index is 0.00596. The molecule has 1 atom stereocenters. The van der Waals surface area contributed by atoms with Gasteiger partial charge in [0.15, 0.2) is 6.23 Å². The lowest BCUT2D eigenvalue weighted by Gasteiger charge is -2.23. The summed E-state index contributed by atoms with van der Waals surface area (Å²) in [5.41, 5.74) is 1.58. The van der Waals surface area contributed by atoms with Crippen LogP contribution in [0.3, 0.4) is 0 Å². The molecule has 0 radical (unpaired) electrons. The van der Waals surface area contributed by atoms with Gasteiger partial charge in [-0.3, -0.25) is 19.7 Å². The van der Waals surface area contributed by atoms with Gasteiger partial charge in [0.05, 0.1) is 10.6 Å². The number of amides is 2. The Kier molecular flexibility index (Phi) is 7.90. The molecule has 3 aromatic carbocycles. The van der Waals surface area contributed by atoms with E-state index >= 15 is 0 Å². The Morgan fingerprint density at radius 2 is 1.88 bits per heavy atom. The first kappa shape index (κ1) is 28.1. The van der Waals surface area contributed by atoms with Crippen molar-refractivity contribution in [2.45, 2.75) is 19.6 Å². The van der Waals surface area contributed by atoms with Gasteiger partial charge in [0.25, 0.3) is 11.6 Å². The van der Waals surface area contributed by atoms with Crippen molar-refractivity contribution in [1.29, 1.82) is 0 Å². The van der Waals surface area contributed by atoms with Gasteiger partial charge >= 0.3 is 0 Å². The Hall–Kier alpha value is -4.49. The van der Waals surface area contributed by atoms with Gasteiger partial charge in [-0.2, -0.15) is 5.10 Å². The third-order valence-electron chi connectivity index (χ3n) is 6.48. The summed E-state index contributed by atoms with van der Waals surface area (Å²) < 4.78 is 36.9. The van der Waals surface area contributed by atoms with E-state index in [0.29, 0.717) is 16.8 Å². The molecule has 210 valence electrons. The summed E-state index contributed by atoms with van der Waals surface area (Å²) in [5, 5.41) is 18.5. The molecule has 10 nitrogen and oxygen atoms in total. The molecule has 0 aliphatic carbocycles. The van der Waals surface area contributed by atoms with Gasteiger partial charge < -0.3 is 15.0 Å². The van der Waals surface area contributed by atoms with Crippen molar-refractivity contribution in [1.82, 2.24) is 14.7 Å². The zero-order valence-corrected chi connectivity index (χ0v) is 23.1. The van der Waals surface area contributed by atoms with E-state index in [4.69, 9.17) is 9.84 Å². The van der Waals surface area contributed by atoms with Crippen LogP contribution >= 0.6 is 15.9 Å². The van der Waals surface area contributed by atoms with Gasteiger partial charge in [-0.1, -0.05) is 15.9 Å².